The minimum atomic E-state index is -4.46. The standard InChI is InChI=1S/C44H40ClF3O8/c1-50-41(49)42-28-55-44(56-42,35-19-22-37(45)34(24-35)23-30-17-20-36(21-18-30)54-29-43(46,47)48)40(53-27-33-15-9-4-10-16-33)38(51-25-31-11-5-2-6-12-31)39(42)52-26-32-13-7-3-8-14-32/h2-22,24,38-40H,23,25-29H2,1H3/t38-,39-,40+,42-,44-/m0/s1. The quantitative estimate of drug-likeness (QED) is 0.0975. The van der Waals surface area contributed by atoms with E-state index in [-0.39, 0.29) is 32.2 Å². The van der Waals surface area contributed by atoms with Crippen LogP contribution in [0, 0.1) is 0 Å². The predicted octanol–water partition coefficient (Wildman–Crippen LogP) is 8.75. The van der Waals surface area contributed by atoms with Gasteiger partial charge in [0.15, 0.2) is 6.61 Å². The van der Waals surface area contributed by atoms with Gasteiger partial charge in [-0.2, -0.15) is 13.2 Å². The summed E-state index contributed by atoms with van der Waals surface area (Å²) in [5.74, 6) is -2.33. The number of rotatable bonds is 15. The van der Waals surface area contributed by atoms with E-state index in [9.17, 15) is 18.0 Å². The maximum Gasteiger partial charge on any atom is 0.422 e. The van der Waals surface area contributed by atoms with Gasteiger partial charge in [-0.05, 0) is 58.5 Å². The minimum absolute atomic E-state index is 0.0860. The van der Waals surface area contributed by atoms with Crippen LogP contribution in [-0.2, 0) is 65.2 Å². The van der Waals surface area contributed by atoms with E-state index in [1.807, 2.05) is 97.1 Å². The molecule has 2 heterocycles. The lowest BCUT2D eigenvalue weighted by Gasteiger charge is -2.49. The highest BCUT2D eigenvalue weighted by atomic mass is 35.5. The van der Waals surface area contributed by atoms with E-state index < -0.39 is 48.5 Å². The molecule has 0 aromatic heterocycles. The van der Waals surface area contributed by atoms with Crippen molar-refractivity contribution in [2.45, 2.75) is 62.1 Å². The molecule has 2 aliphatic heterocycles. The van der Waals surface area contributed by atoms with Crippen LogP contribution < -0.4 is 4.74 Å². The third kappa shape index (κ3) is 8.78. The van der Waals surface area contributed by atoms with Crippen LogP contribution in [-0.4, -0.2) is 56.4 Å². The van der Waals surface area contributed by atoms with E-state index in [1.165, 1.54) is 19.2 Å². The molecule has 5 aromatic carbocycles. The Kier molecular flexibility index (Phi) is 12.1. The number of carbonyl (C=O) groups is 1. The molecule has 2 bridgehead atoms. The number of methoxy groups -OCH3 is 1. The topological polar surface area (TPSA) is 81.7 Å². The molecule has 12 heteroatoms. The van der Waals surface area contributed by atoms with Gasteiger partial charge in [0.2, 0.25) is 11.4 Å². The van der Waals surface area contributed by atoms with Gasteiger partial charge in [-0.25, -0.2) is 4.79 Å². The molecule has 0 saturated carbocycles. The Hall–Kier alpha value is -4.75. The summed E-state index contributed by atoms with van der Waals surface area (Å²) in [6.07, 6.45) is -7.16. The molecular formula is C44H40ClF3O8. The van der Waals surface area contributed by atoms with Crippen molar-refractivity contribution in [1.82, 2.24) is 0 Å². The van der Waals surface area contributed by atoms with Gasteiger partial charge in [0.05, 0.1) is 33.5 Å². The monoisotopic (exact) mass is 788 g/mol. The average molecular weight is 789 g/mol. The lowest BCUT2D eigenvalue weighted by atomic mass is 9.82. The number of ether oxygens (including phenoxy) is 7. The normalized spacial score (nSPS) is 23.1. The van der Waals surface area contributed by atoms with Crippen LogP contribution in [0.4, 0.5) is 13.2 Å². The Balaban J connectivity index is 1.29. The summed E-state index contributed by atoms with van der Waals surface area (Å²) >= 11 is 6.78. The van der Waals surface area contributed by atoms with Crippen molar-refractivity contribution in [3.8, 4) is 5.75 Å². The van der Waals surface area contributed by atoms with Crippen LogP contribution in [0.1, 0.15) is 33.4 Å². The highest BCUT2D eigenvalue weighted by Gasteiger charge is 2.73. The SMILES string of the molecule is COC(=O)[C@@]12CO[C@@](c3ccc(Cl)c(Cc4ccc(OCC(F)(F)F)cc4)c3)(O1)[C@H](OCc1ccccc1)[C@@H](OCc1ccccc1)[C@@H]2OCc1ccccc1. The smallest absolute Gasteiger partial charge is 0.422 e. The summed E-state index contributed by atoms with van der Waals surface area (Å²) in [7, 11) is 1.28. The first-order valence-electron chi connectivity index (χ1n) is 18.0. The molecule has 5 atom stereocenters. The zero-order chi connectivity index (χ0) is 39.2. The summed E-state index contributed by atoms with van der Waals surface area (Å²) in [4.78, 5) is 14.0. The highest BCUT2D eigenvalue weighted by molar-refractivity contribution is 6.31. The number of fused-ring (bicyclic) bond motifs is 2. The largest absolute Gasteiger partial charge is 0.484 e. The zero-order valence-corrected chi connectivity index (χ0v) is 31.2. The Morgan fingerprint density at radius 2 is 1.29 bits per heavy atom. The van der Waals surface area contributed by atoms with Crippen LogP contribution in [0.5, 0.6) is 5.75 Å². The Labute approximate surface area is 328 Å². The third-order valence-corrected chi connectivity index (χ3v) is 10.2. The molecule has 0 N–H and O–H groups in total. The molecule has 2 saturated heterocycles. The van der Waals surface area contributed by atoms with Gasteiger partial charge in [0.25, 0.3) is 0 Å². The van der Waals surface area contributed by atoms with E-state index in [0.717, 1.165) is 22.3 Å². The van der Waals surface area contributed by atoms with Gasteiger partial charge in [-0.1, -0.05) is 121 Å². The van der Waals surface area contributed by atoms with E-state index >= 15 is 0 Å². The molecule has 7 rings (SSSR count). The predicted molar refractivity (Wildman–Crippen MR) is 201 cm³/mol. The summed E-state index contributed by atoms with van der Waals surface area (Å²) in [6.45, 7) is -1.21. The maximum absolute atomic E-state index is 14.0. The Morgan fingerprint density at radius 3 is 1.84 bits per heavy atom. The number of hydrogen-bond donors (Lipinski definition) is 0. The molecule has 5 aromatic rings. The summed E-state index contributed by atoms with van der Waals surface area (Å²) in [6, 6.07) is 40.4. The third-order valence-electron chi connectivity index (χ3n) is 9.80. The first-order chi connectivity index (χ1) is 27.1. The van der Waals surface area contributed by atoms with Crippen molar-refractivity contribution in [1.29, 1.82) is 0 Å². The second kappa shape index (κ2) is 17.2. The fourth-order valence-electron chi connectivity index (χ4n) is 7.07. The molecule has 292 valence electrons. The van der Waals surface area contributed by atoms with Crippen LogP contribution >= 0.6 is 11.6 Å². The highest BCUT2D eigenvalue weighted by Crippen LogP contribution is 2.53. The summed E-state index contributed by atoms with van der Waals surface area (Å²) in [5.41, 5.74) is 2.79. The molecule has 0 unspecified atom stereocenters. The van der Waals surface area contributed by atoms with Gasteiger partial charge in [-0.3, -0.25) is 0 Å². The van der Waals surface area contributed by atoms with Crippen LogP contribution in [0.15, 0.2) is 133 Å². The molecule has 0 aliphatic carbocycles. The Morgan fingerprint density at radius 1 is 0.732 bits per heavy atom. The first kappa shape index (κ1) is 39.5. The molecular weight excluding hydrogens is 749 g/mol. The van der Waals surface area contributed by atoms with Gasteiger partial charge in [0.1, 0.15) is 24.1 Å². The van der Waals surface area contributed by atoms with E-state index in [0.29, 0.717) is 22.6 Å². The summed E-state index contributed by atoms with van der Waals surface area (Å²) in [5, 5.41) is 0.429. The van der Waals surface area contributed by atoms with Gasteiger partial charge >= 0.3 is 12.1 Å². The number of carbonyl (C=O) groups excluding carboxylic acids is 1. The lowest BCUT2D eigenvalue weighted by molar-refractivity contribution is -0.345. The van der Waals surface area contributed by atoms with Crippen LogP contribution in [0.3, 0.4) is 0 Å². The molecule has 0 radical (unpaired) electrons. The Bertz CT molecular complexity index is 2050. The molecule has 0 spiro atoms. The fourth-order valence-corrected chi connectivity index (χ4v) is 7.26. The number of benzene rings is 5. The van der Waals surface area contributed by atoms with Crippen LogP contribution in [0.2, 0.25) is 5.02 Å². The molecule has 0 amide bonds. The zero-order valence-electron chi connectivity index (χ0n) is 30.5. The van der Waals surface area contributed by atoms with Crippen molar-refractivity contribution < 1.29 is 51.1 Å². The number of halogens is 4. The van der Waals surface area contributed by atoms with Gasteiger partial charge in [-0.15, -0.1) is 0 Å². The van der Waals surface area contributed by atoms with Crippen molar-refractivity contribution in [3.05, 3.63) is 172 Å². The molecule has 2 aliphatic rings. The van der Waals surface area contributed by atoms with Crippen molar-refractivity contribution in [3.63, 3.8) is 0 Å². The molecule has 2 fully saturated rings. The van der Waals surface area contributed by atoms with E-state index in [2.05, 4.69) is 0 Å². The molecule has 8 nitrogen and oxygen atoms in total. The van der Waals surface area contributed by atoms with Crippen molar-refractivity contribution in [2.75, 3.05) is 20.3 Å². The molecule has 56 heavy (non-hydrogen) atoms. The van der Waals surface area contributed by atoms with Gasteiger partial charge in [0, 0.05) is 10.6 Å². The van der Waals surface area contributed by atoms with Crippen molar-refractivity contribution in [2.24, 2.45) is 0 Å². The second-order valence-electron chi connectivity index (χ2n) is 13.7. The number of hydrogen-bond acceptors (Lipinski definition) is 8. The second-order valence-corrected chi connectivity index (χ2v) is 14.1. The minimum Gasteiger partial charge on any atom is -0.484 e. The number of esters is 1. The van der Waals surface area contributed by atoms with Crippen LogP contribution in [0.25, 0.3) is 0 Å². The van der Waals surface area contributed by atoms with Crippen molar-refractivity contribution >= 4 is 17.6 Å². The maximum atomic E-state index is 14.0. The average Bonchev–Trinajstić information content (AvgIpc) is 3.58. The van der Waals surface area contributed by atoms with E-state index in [1.54, 1.807) is 24.3 Å². The first-order valence-corrected chi connectivity index (χ1v) is 18.4. The van der Waals surface area contributed by atoms with Gasteiger partial charge < -0.3 is 33.2 Å². The number of alkyl halides is 3. The fraction of sp³-hybridized carbons (Fsp3) is 0.295. The van der Waals surface area contributed by atoms with E-state index in [4.69, 9.17) is 44.8 Å². The summed E-state index contributed by atoms with van der Waals surface area (Å²) < 4.78 is 82.4. The lowest BCUT2D eigenvalue weighted by Crippen LogP contribution is -2.69.